The van der Waals surface area contributed by atoms with Crippen molar-refractivity contribution >= 4 is 0 Å². The first-order chi connectivity index (χ1) is 9.33. The molecule has 0 aliphatic heterocycles. The van der Waals surface area contributed by atoms with Crippen LogP contribution in [-0.2, 0) is 6.54 Å². The Labute approximate surface area is 116 Å². The Morgan fingerprint density at radius 2 is 1.95 bits per heavy atom. The molecule has 0 saturated heterocycles. The van der Waals surface area contributed by atoms with Gasteiger partial charge in [-0.25, -0.2) is 0 Å². The molecule has 0 aromatic heterocycles. The van der Waals surface area contributed by atoms with E-state index in [4.69, 9.17) is 9.47 Å². The first-order valence-electron chi connectivity index (χ1n) is 7.25. The molecular weight excluding hydrogens is 238 g/mol. The summed E-state index contributed by atoms with van der Waals surface area (Å²) in [5, 5.41) is 3.52. The van der Waals surface area contributed by atoms with E-state index in [1.54, 1.807) is 14.2 Å². The van der Waals surface area contributed by atoms with Gasteiger partial charge < -0.3 is 14.8 Å². The van der Waals surface area contributed by atoms with Crippen molar-refractivity contribution in [1.82, 2.24) is 5.32 Å². The number of methoxy groups -OCH3 is 2. The second kappa shape index (κ2) is 7.39. The first-order valence-corrected chi connectivity index (χ1v) is 7.25. The zero-order valence-electron chi connectivity index (χ0n) is 12.1. The van der Waals surface area contributed by atoms with Crippen molar-refractivity contribution in [1.29, 1.82) is 0 Å². The quantitative estimate of drug-likeness (QED) is 0.765. The fourth-order valence-corrected chi connectivity index (χ4v) is 2.85. The SMILES string of the molecule is COc1ccc(OC)c(CNCCC2CCCC2)c1. The van der Waals surface area contributed by atoms with Crippen LogP contribution in [0.15, 0.2) is 18.2 Å². The van der Waals surface area contributed by atoms with Crippen molar-refractivity contribution in [2.24, 2.45) is 5.92 Å². The predicted molar refractivity (Wildman–Crippen MR) is 77.8 cm³/mol. The van der Waals surface area contributed by atoms with Crippen LogP contribution in [0, 0.1) is 5.92 Å². The summed E-state index contributed by atoms with van der Waals surface area (Å²) >= 11 is 0. The van der Waals surface area contributed by atoms with E-state index < -0.39 is 0 Å². The van der Waals surface area contributed by atoms with Crippen LogP contribution in [0.4, 0.5) is 0 Å². The molecule has 19 heavy (non-hydrogen) atoms. The van der Waals surface area contributed by atoms with Crippen molar-refractivity contribution in [2.45, 2.75) is 38.6 Å². The number of benzene rings is 1. The van der Waals surface area contributed by atoms with E-state index in [0.29, 0.717) is 0 Å². The number of nitrogens with one attached hydrogen (secondary N) is 1. The third-order valence-corrected chi connectivity index (χ3v) is 4.01. The summed E-state index contributed by atoms with van der Waals surface area (Å²) in [5.74, 6) is 2.75. The average Bonchev–Trinajstić information content (AvgIpc) is 2.96. The van der Waals surface area contributed by atoms with Gasteiger partial charge >= 0.3 is 0 Å². The molecule has 0 spiro atoms. The first kappa shape index (κ1) is 14.2. The maximum atomic E-state index is 5.38. The normalized spacial score (nSPS) is 15.7. The Bertz CT molecular complexity index is 386. The molecule has 3 nitrogen and oxygen atoms in total. The maximum absolute atomic E-state index is 5.38. The zero-order valence-corrected chi connectivity index (χ0v) is 12.1. The lowest BCUT2D eigenvalue weighted by Crippen LogP contribution is -2.17. The second-order valence-corrected chi connectivity index (χ2v) is 5.29. The lowest BCUT2D eigenvalue weighted by molar-refractivity contribution is 0.396. The van der Waals surface area contributed by atoms with Crippen molar-refractivity contribution < 1.29 is 9.47 Å². The van der Waals surface area contributed by atoms with Crippen LogP contribution < -0.4 is 14.8 Å². The van der Waals surface area contributed by atoms with Crippen LogP contribution in [-0.4, -0.2) is 20.8 Å². The highest BCUT2D eigenvalue weighted by Crippen LogP contribution is 2.27. The molecule has 0 radical (unpaired) electrons. The van der Waals surface area contributed by atoms with Gasteiger partial charge in [0.2, 0.25) is 0 Å². The van der Waals surface area contributed by atoms with E-state index >= 15 is 0 Å². The van der Waals surface area contributed by atoms with Gasteiger partial charge in [0, 0.05) is 12.1 Å². The van der Waals surface area contributed by atoms with Crippen LogP contribution in [0.25, 0.3) is 0 Å². The van der Waals surface area contributed by atoms with Crippen molar-refractivity contribution in [3.8, 4) is 11.5 Å². The predicted octanol–water partition coefficient (Wildman–Crippen LogP) is 3.37. The highest BCUT2D eigenvalue weighted by atomic mass is 16.5. The summed E-state index contributed by atoms with van der Waals surface area (Å²) in [5.41, 5.74) is 1.16. The molecule has 0 amide bonds. The molecule has 1 aliphatic rings. The van der Waals surface area contributed by atoms with E-state index in [2.05, 4.69) is 5.32 Å². The van der Waals surface area contributed by atoms with Gasteiger partial charge in [0.25, 0.3) is 0 Å². The van der Waals surface area contributed by atoms with Gasteiger partial charge in [-0.2, -0.15) is 0 Å². The lowest BCUT2D eigenvalue weighted by Gasteiger charge is -2.13. The minimum atomic E-state index is 0.840. The molecule has 0 atom stereocenters. The molecule has 0 unspecified atom stereocenters. The molecule has 0 heterocycles. The Hall–Kier alpha value is -1.22. The Morgan fingerprint density at radius 1 is 1.16 bits per heavy atom. The third kappa shape index (κ3) is 4.13. The molecule has 1 aliphatic carbocycles. The van der Waals surface area contributed by atoms with Gasteiger partial charge in [-0.15, -0.1) is 0 Å². The van der Waals surface area contributed by atoms with Crippen molar-refractivity contribution in [3.63, 3.8) is 0 Å². The Balaban J connectivity index is 1.80. The fourth-order valence-electron chi connectivity index (χ4n) is 2.85. The van der Waals surface area contributed by atoms with Crippen molar-refractivity contribution in [2.75, 3.05) is 20.8 Å². The summed E-state index contributed by atoms with van der Waals surface area (Å²) in [7, 11) is 3.41. The summed E-state index contributed by atoms with van der Waals surface area (Å²) in [6.45, 7) is 1.93. The van der Waals surface area contributed by atoms with Gasteiger partial charge in [-0.1, -0.05) is 25.7 Å². The fraction of sp³-hybridized carbons (Fsp3) is 0.625. The van der Waals surface area contributed by atoms with E-state index in [-0.39, 0.29) is 0 Å². The van der Waals surface area contributed by atoms with Crippen molar-refractivity contribution in [3.05, 3.63) is 23.8 Å². The monoisotopic (exact) mass is 263 g/mol. The minimum Gasteiger partial charge on any atom is -0.497 e. The van der Waals surface area contributed by atoms with E-state index in [0.717, 1.165) is 36.1 Å². The Morgan fingerprint density at radius 3 is 2.63 bits per heavy atom. The van der Waals surface area contributed by atoms with Gasteiger partial charge in [-0.05, 0) is 37.1 Å². The summed E-state index contributed by atoms with van der Waals surface area (Å²) < 4.78 is 10.6. The summed E-state index contributed by atoms with van der Waals surface area (Å²) in [4.78, 5) is 0. The molecule has 1 fully saturated rings. The molecule has 1 saturated carbocycles. The van der Waals surface area contributed by atoms with Crippen LogP contribution in [0.2, 0.25) is 0 Å². The number of hydrogen-bond donors (Lipinski definition) is 1. The van der Waals surface area contributed by atoms with E-state index in [1.807, 2.05) is 18.2 Å². The van der Waals surface area contributed by atoms with Crippen LogP contribution >= 0.6 is 0 Å². The third-order valence-electron chi connectivity index (χ3n) is 4.01. The van der Waals surface area contributed by atoms with Crippen LogP contribution in [0.1, 0.15) is 37.7 Å². The highest BCUT2D eigenvalue weighted by Gasteiger charge is 2.14. The van der Waals surface area contributed by atoms with E-state index in [1.165, 1.54) is 32.1 Å². The highest BCUT2D eigenvalue weighted by molar-refractivity contribution is 5.40. The van der Waals surface area contributed by atoms with Crippen LogP contribution in [0.5, 0.6) is 11.5 Å². The largest absolute Gasteiger partial charge is 0.497 e. The molecular formula is C16H25NO2. The van der Waals surface area contributed by atoms with Gasteiger partial charge in [0.05, 0.1) is 14.2 Å². The van der Waals surface area contributed by atoms with E-state index in [9.17, 15) is 0 Å². The van der Waals surface area contributed by atoms with Gasteiger partial charge in [-0.3, -0.25) is 0 Å². The standard InChI is InChI=1S/C16H25NO2/c1-18-15-7-8-16(19-2)14(11-15)12-17-10-9-13-5-3-4-6-13/h7-8,11,13,17H,3-6,9-10,12H2,1-2H3. The minimum absolute atomic E-state index is 0.840. The molecule has 2 rings (SSSR count). The summed E-state index contributed by atoms with van der Waals surface area (Å²) in [6, 6.07) is 5.94. The second-order valence-electron chi connectivity index (χ2n) is 5.29. The van der Waals surface area contributed by atoms with Gasteiger partial charge in [0.15, 0.2) is 0 Å². The van der Waals surface area contributed by atoms with Gasteiger partial charge in [0.1, 0.15) is 11.5 Å². The molecule has 3 heteroatoms. The maximum Gasteiger partial charge on any atom is 0.123 e. The molecule has 0 bridgehead atoms. The number of hydrogen-bond acceptors (Lipinski definition) is 3. The topological polar surface area (TPSA) is 30.5 Å². The molecule has 1 aromatic rings. The molecule has 1 aromatic carbocycles. The zero-order chi connectivity index (χ0) is 13.5. The lowest BCUT2D eigenvalue weighted by atomic mass is 10.0. The summed E-state index contributed by atoms with van der Waals surface area (Å²) in [6.07, 6.45) is 6.99. The number of rotatable bonds is 7. The molecule has 1 N–H and O–H groups in total. The smallest absolute Gasteiger partial charge is 0.123 e. The Kier molecular flexibility index (Phi) is 5.52. The van der Waals surface area contributed by atoms with Crippen LogP contribution in [0.3, 0.4) is 0 Å². The molecule has 106 valence electrons. The number of ether oxygens (including phenoxy) is 2. The average molecular weight is 263 g/mol.